The molecule has 0 aliphatic carbocycles. The minimum Gasteiger partial charge on any atom is -0.469 e. The largest absolute Gasteiger partial charge is 0.469 e. The molecule has 0 spiro atoms. The Bertz CT molecular complexity index is 965. The molecule has 9 heteroatoms. The Morgan fingerprint density at radius 2 is 2.09 bits per heavy atom. The summed E-state index contributed by atoms with van der Waals surface area (Å²) >= 11 is 7.39. The number of esters is 1. The van der Waals surface area contributed by atoms with Crippen molar-refractivity contribution < 1.29 is 19.4 Å². The molecule has 1 aliphatic heterocycles. The number of anilines is 1. The monoisotopic (exact) mass is 493 g/mol. The number of aldehydes is 1. The number of nitrogens with zero attached hydrogens (tertiary/aromatic N) is 2. The number of ether oxygens (including phenoxy) is 1. The fourth-order valence-electron chi connectivity index (χ4n) is 4.49. The van der Waals surface area contributed by atoms with Crippen molar-refractivity contribution in [3.63, 3.8) is 0 Å². The number of halogens is 1. The van der Waals surface area contributed by atoms with Crippen molar-refractivity contribution in [1.82, 2.24) is 9.88 Å². The molecule has 180 valence electrons. The lowest BCUT2D eigenvalue weighted by atomic mass is 9.66. The van der Waals surface area contributed by atoms with Gasteiger partial charge in [-0.3, -0.25) is 4.79 Å². The van der Waals surface area contributed by atoms with Crippen LogP contribution in [0.2, 0.25) is 5.02 Å². The summed E-state index contributed by atoms with van der Waals surface area (Å²) in [6, 6.07) is 7.01. The van der Waals surface area contributed by atoms with Crippen LogP contribution in [0.3, 0.4) is 0 Å². The van der Waals surface area contributed by atoms with E-state index in [9.17, 15) is 14.7 Å². The molecule has 1 unspecified atom stereocenters. The number of thiazole rings is 1. The first-order chi connectivity index (χ1) is 15.6. The van der Waals surface area contributed by atoms with Crippen LogP contribution < -0.4 is 5.32 Å². The maximum atomic E-state index is 11.8. The first-order valence-corrected chi connectivity index (χ1v) is 12.3. The third-order valence-electron chi connectivity index (χ3n) is 6.55. The third-order valence-corrected chi connectivity index (χ3v) is 7.63. The van der Waals surface area contributed by atoms with Gasteiger partial charge in [0, 0.05) is 35.5 Å². The highest BCUT2D eigenvalue weighted by Gasteiger charge is 2.48. The molecular formula is C24H32ClN3O4S. The number of aliphatic hydroxyl groups is 1. The molecule has 7 nitrogen and oxygen atoms in total. The van der Waals surface area contributed by atoms with Gasteiger partial charge in [0.15, 0.2) is 5.13 Å². The van der Waals surface area contributed by atoms with Crippen molar-refractivity contribution in [1.29, 1.82) is 0 Å². The first-order valence-electron chi connectivity index (χ1n) is 11.0. The van der Waals surface area contributed by atoms with Gasteiger partial charge in [-0.15, -0.1) is 11.3 Å². The molecule has 0 amide bonds. The molecule has 0 saturated carbocycles. The molecule has 0 radical (unpaired) electrons. The zero-order chi connectivity index (χ0) is 24.2. The Morgan fingerprint density at radius 3 is 2.70 bits per heavy atom. The molecule has 1 aromatic carbocycles. The summed E-state index contributed by atoms with van der Waals surface area (Å²) in [5, 5.41) is 17.8. The van der Waals surface area contributed by atoms with Crippen molar-refractivity contribution >= 4 is 40.3 Å². The van der Waals surface area contributed by atoms with Gasteiger partial charge >= 0.3 is 5.97 Å². The van der Waals surface area contributed by atoms with Crippen molar-refractivity contribution in [2.45, 2.75) is 45.3 Å². The Morgan fingerprint density at radius 1 is 1.39 bits per heavy atom. The van der Waals surface area contributed by atoms with E-state index in [1.807, 2.05) is 31.2 Å². The second-order valence-corrected chi connectivity index (χ2v) is 10.7. The number of hydrogen-bond donors (Lipinski definition) is 2. The number of nitrogens with one attached hydrogen (secondary N) is 1. The number of rotatable bonds is 9. The number of carbonyl (C=O) groups is 2. The van der Waals surface area contributed by atoms with E-state index in [-0.39, 0.29) is 23.7 Å². The Hall–Kier alpha value is -2.00. The summed E-state index contributed by atoms with van der Waals surface area (Å²) in [6.45, 7) is 8.30. The topological polar surface area (TPSA) is 91.8 Å². The van der Waals surface area contributed by atoms with Gasteiger partial charge in [0.05, 0.1) is 30.9 Å². The lowest BCUT2D eigenvalue weighted by Crippen LogP contribution is -2.56. The van der Waals surface area contributed by atoms with Crippen LogP contribution >= 0.6 is 22.9 Å². The van der Waals surface area contributed by atoms with E-state index in [0.717, 1.165) is 18.4 Å². The van der Waals surface area contributed by atoms with Crippen LogP contribution in [0.4, 0.5) is 5.13 Å². The van der Waals surface area contributed by atoms with E-state index in [2.05, 4.69) is 33.8 Å². The number of methoxy groups -OCH3 is 1. The third kappa shape index (κ3) is 5.93. The second kappa shape index (κ2) is 10.5. The molecule has 3 rings (SSSR count). The number of carbonyl (C=O) groups excluding carboxylic acids is 2. The van der Waals surface area contributed by atoms with Crippen LogP contribution in [-0.4, -0.2) is 60.0 Å². The Labute approximate surface area is 204 Å². The molecule has 3 atom stereocenters. The molecule has 1 aliphatic rings. The van der Waals surface area contributed by atoms with Crippen molar-refractivity contribution in [3.05, 3.63) is 45.9 Å². The zero-order valence-electron chi connectivity index (χ0n) is 19.5. The van der Waals surface area contributed by atoms with Gasteiger partial charge in [0.1, 0.15) is 6.29 Å². The molecule has 2 aromatic rings. The minimum atomic E-state index is -0.948. The number of aromatic nitrogens is 1. The van der Waals surface area contributed by atoms with Crippen molar-refractivity contribution in [2.75, 3.05) is 32.1 Å². The van der Waals surface area contributed by atoms with Crippen molar-refractivity contribution in [2.24, 2.45) is 11.3 Å². The fraction of sp³-hybridized carbons (Fsp3) is 0.542. The van der Waals surface area contributed by atoms with Gasteiger partial charge in [0.2, 0.25) is 0 Å². The van der Waals surface area contributed by atoms with E-state index in [1.165, 1.54) is 18.4 Å². The molecule has 0 bridgehead atoms. The smallest absolute Gasteiger partial charge is 0.311 e. The number of piperidine rings is 1. The van der Waals surface area contributed by atoms with Gasteiger partial charge in [-0.1, -0.05) is 44.5 Å². The molecule has 1 saturated heterocycles. The van der Waals surface area contributed by atoms with Gasteiger partial charge in [-0.25, -0.2) is 4.98 Å². The minimum absolute atomic E-state index is 0.0213. The van der Waals surface area contributed by atoms with Gasteiger partial charge in [-0.05, 0) is 30.0 Å². The SMILES string of the molecule is COC(=O)Cc1csc(NC(C=O)[C@@H](C)CN2CC[C@](O)(c3ccc(Cl)cc3)C(C)(C)C2)n1. The number of hydrogen-bond acceptors (Lipinski definition) is 8. The average Bonchev–Trinajstić information content (AvgIpc) is 3.21. The summed E-state index contributed by atoms with van der Waals surface area (Å²) in [7, 11) is 1.34. The molecule has 1 aromatic heterocycles. The summed E-state index contributed by atoms with van der Waals surface area (Å²) in [5.74, 6) is -0.327. The number of likely N-dealkylation sites (tertiary alicyclic amines) is 1. The van der Waals surface area contributed by atoms with Crippen LogP contribution in [0.25, 0.3) is 0 Å². The van der Waals surface area contributed by atoms with E-state index in [0.29, 0.717) is 35.4 Å². The van der Waals surface area contributed by atoms with Gasteiger partial charge in [0.25, 0.3) is 0 Å². The van der Waals surface area contributed by atoms with Crippen molar-refractivity contribution in [3.8, 4) is 0 Å². The summed E-state index contributed by atoms with van der Waals surface area (Å²) < 4.78 is 4.67. The Balaban J connectivity index is 1.61. The molecule has 33 heavy (non-hydrogen) atoms. The first kappa shape index (κ1) is 25.6. The highest BCUT2D eigenvalue weighted by molar-refractivity contribution is 7.13. The van der Waals surface area contributed by atoms with Crippen LogP contribution in [0.5, 0.6) is 0 Å². The molecule has 2 N–H and O–H groups in total. The van der Waals surface area contributed by atoms with E-state index >= 15 is 0 Å². The lowest BCUT2D eigenvalue weighted by molar-refractivity contribution is -0.139. The Kier molecular flexibility index (Phi) is 8.16. The average molecular weight is 494 g/mol. The normalized spacial score (nSPS) is 22.4. The predicted molar refractivity (Wildman–Crippen MR) is 131 cm³/mol. The van der Waals surface area contributed by atoms with E-state index in [4.69, 9.17) is 11.6 Å². The number of benzene rings is 1. The van der Waals surface area contributed by atoms with E-state index < -0.39 is 11.6 Å². The van der Waals surface area contributed by atoms with Crippen LogP contribution in [0.1, 0.15) is 38.4 Å². The predicted octanol–water partition coefficient (Wildman–Crippen LogP) is 3.75. The molecular weight excluding hydrogens is 462 g/mol. The lowest BCUT2D eigenvalue weighted by Gasteiger charge is -2.51. The molecule has 1 fully saturated rings. The highest BCUT2D eigenvalue weighted by atomic mass is 35.5. The van der Waals surface area contributed by atoms with E-state index in [1.54, 1.807) is 5.38 Å². The highest BCUT2D eigenvalue weighted by Crippen LogP contribution is 2.46. The van der Waals surface area contributed by atoms with Gasteiger partial charge < -0.3 is 24.9 Å². The van der Waals surface area contributed by atoms with Crippen LogP contribution in [0.15, 0.2) is 29.6 Å². The summed E-state index contributed by atoms with van der Waals surface area (Å²) in [6.07, 6.45) is 1.61. The zero-order valence-corrected chi connectivity index (χ0v) is 21.1. The van der Waals surface area contributed by atoms with Crippen LogP contribution in [0, 0.1) is 11.3 Å². The van der Waals surface area contributed by atoms with Crippen LogP contribution in [-0.2, 0) is 26.3 Å². The standard InChI is InChI=1S/C24H32ClN3O4S/c1-16(20(13-29)27-22-26-19(14-33-22)11-21(30)32-4)12-28-10-9-24(31,23(2,3)15-28)17-5-7-18(25)8-6-17/h5-8,13-14,16,20,31H,9-12,15H2,1-4H3,(H,26,27)/t16-,20?,24-/m0/s1. The maximum Gasteiger partial charge on any atom is 0.311 e. The second-order valence-electron chi connectivity index (χ2n) is 9.42. The fourth-order valence-corrected chi connectivity index (χ4v) is 5.38. The summed E-state index contributed by atoms with van der Waals surface area (Å²) in [5.41, 5.74) is 0.159. The van der Waals surface area contributed by atoms with Gasteiger partial charge in [-0.2, -0.15) is 0 Å². The maximum absolute atomic E-state index is 11.8. The summed E-state index contributed by atoms with van der Waals surface area (Å²) in [4.78, 5) is 30.0. The quantitative estimate of drug-likeness (QED) is 0.406. The molecule has 2 heterocycles.